The molecule has 0 aromatic heterocycles. The van der Waals surface area contributed by atoms with Crippen molar-refractivity contribution in [2.75, 3.05) is 7.05 Å². The van der Waals surface area contributed by atoms with E-state index in [1.54, 1.807) is 0 Å². The lowest BCUT2D eigenvalue weighted by atomic mass is 10.2. The highest BCUT2D eigenvalue weighted by Gasteiger charge is 2.22. The summed E-state index contributed by atoms with van der Waals surface area (Å²) in [6.45, 7) is -0.00176. The third-order valence-electron chi connectivity index (χ3n) is 3.08. The van der Waals surface area contributed by atoms with Gasteiger partial charge in [-0.2, -0.15) is 9.57 Å². The van der Waals surface area contributed by atoms with Gasteiger partial charge in [-0.05, 0) is 35.9 Å². The van der Waals surface area contributed by atoms with Gasteiger partial charge in [-0.3, -0.25) is 0 Å². The standard InChI is InChI=1S/C15H12ClFN2O2S/c1-19(10-12-5-6-13(17)8-15(12)16)22(20,21)14-4-2-3-11(7-14)9-18/h2-8H,10H2,1H3. The van der Waals surface area contributed by atoms with Crippen LogP contribution >= 0.6 is 11.6 Å². The van der Waals surface area contributed by atoms with Crippen molar-refractivity contribution in [3.8, 4) is 6.07 Å². The minimum Gasteiger partial charge on any atom is -0.207 e. The van der Waals surface area contributed by atoms with Crippen molar-refractivity contribution in [3.05, 3.63) is 64.4 Å². The highest BCUT2D eigenvalue weighted by atomic mass is 35.5. The molecule has 0 heterocycles. The van der Waals surface area contributed by atoms with E-state index in [0.717, 1.165) is 10.4 Å². The zero-order chi connectivity index (χ0) is 16.3. The average Bonchev–Trinajstić information content (AvgIpc) is 2.50. The van der Waals surface area contributed by atoms with Crippen LogP contribution in [0.1, 0.15) is 11.1 Å². The summed E-state index contributed by atoms with van der Waals surface area (Å²) in [7, 11) is -2.37. The van der Waals surface area contributed by atoms with Gasteiger partial charge in [0.25, 0.3) is 0 Å². The van der Waals surface area contributed by atoms with Gasteiger partial charge in [-0.25, -0.2) is 12.8 Å². The second-order valence-electron chi connectivity index (χ2n) is 4.64. The van der Waals surface area contributed by atoms with E-state index in [1.165, 1.54) is 43.4 Å². The molecule has 0 saturated heterocycles. The van der Waals surface area contributed by atoms with Crippen molar-refractivity contribution >= 4 is 21.6 Å². The number of nitrogens with zero attached hydrogens (tertiary/aromatic N) is 2. The molecule has 0 N–H and O–H groups in total. The summed E-state index contributed by atoms with van der Waals surface area (Å²) in [5.74, 6) is -0.485. The normalized spacial score (nSPS) is 11.4. The first-order chi connectivity index (χ1) is 10.3. The van der Waals surface area contributed by atoms with E-state index in [4.69, 9.17) is 16.9 Å². The maximum atomic E-state index is 13.0. The van der Waals surface area contributed by atoms with Crippen LogP contribution in [0.2, 0.25) is 5.02 Å². The van der Waals surface area contributed by atoms with Crippen LogP contribution in [0.15, 0.2) is 47.4 Å². The Morgan fingerprint density at radius 2 is 2.00 bits per heavy atom. The van der Waals surface area contributed by atoms with Gasteiger partial charge in [0.1, 0.15) is 5.82 Å². The number of hydrogen-bond donors (Lipinski definition) is 0. The van der Waals surface area contributed by atoms with Gasteiger partial charge in [-0.15, -0.1) is 0 Å². The van der Waals surface area contributed by atoms with Crippen LogP contribution in [0.3, 0.4) is 0 Å². The number of nitriles is 1. The molecule has 0 aliphatic rings. The molecule has 0 amide bonds. The molecule has 7 heteroatoms. The minimum atomic E-state index is -3.77. The fourth-order valence-corrected chi connectivity index (χ4v) is 3.30. The molecule has 0 radical (unpaired) electrons. The Hall–Kier alpha value is -1.94. The summed E-state index contributed by atoms with van der Waals surface area (Å²) in [6.07, 6.45) is 0. The molecule has 22 heavy (non-hydrogen) atoms. The van der Waals surface area contributed by atoms with Crippen LogP contribution in [-0.4, -0.2) is 19.8 Å². The predicted octanol–water partition coefficient (Wildman–Crippen LogP) is 3.17. The third kappa shape index (κ3) is 3.45. The molecule has 0 aliphatic carbocycles. The molecule has 0 spiro atoms. The van der Waals surface area contributed by atoms with Crippen LogP contribution in [0.25, 0.3) is 0 Å². The zero-order valence-corrected chi connectivity index (χ0v) is 13.2. The van der Waals surface area contributed by atoms with E-state index in [2.05, 4.69) is 0 Å². The molecule has 2 aromatic carbocycles. The van der Waals surface area contributed by atoms with E-state index in [9.17, 15) is 12.8 Å². The predicted molar refractivity (Wildman–Crippen MR) is 81.2 cm³/mol. The Kier molecular flexibility index (Phi) is 4.81. The number of benzene rings is 2. The Morgan fingerprint density at radius 1 is 1.27 bits per heavy atom. The van der Waals surface area contributed by atoms with Gasteiger partial charge in [0.15, 0.2) is 0 Å². The molecule has 2 aromatic rings. The van der Waals surface area contributed by atoms with Crippen molar-refractivity contribution < 1.29 is 12.8 Å². The van der Waals surface area contributed by atoms with Gasteiger partial charge in [0, 0.05) is 18.6 Å². The summed E-state index contributed by atoms with van der Waals surface area (Å²) in [6, 6.07) is 11.4. The molecule has 0 fully saturated rings. The van der Waals surface area contributed by atoms with E-state index in [-0.39, 0.29) is 22.0 Å². The lowest BCUT2D eigenvalue weighted by Crippen LogP contribution is -2.26. The highest BCUT2D eigenvalue weighted by molar-refractivity contribution is 7.89. The highest BCUT2D eigenvalue weighted by Crippen LogP contribution is 2.22. The lowest BCUT2D eigenvalue weighted by Gasteiger charge is -2.18. The molecule has 0 atom stereocenters. The van der Waals surface area contributed by atoms with Crippen LogP contribution in [0, 0.1) is 17.1 Å². The molecule has 2 rings (SSSR count). The molecule has 0 bridgehead atoms. The second-order valence-corrected chi connectivity index (χ2v) is 7.09. The van der Waals surface area contributed by atoms with Gasteiger partial charge >= 0.3 is 0 Å². The largest absolute Gasteiger partial charge is 0.243 e. The first kappa shape index (κ1) is 16.4. The Morgan fingerprint density at radius 3 is 2.64 bits per heavy atom. The maximum Gasteiger partial charge on any atom is 0.243 e. The molecular formula is C15H12ClFN2O2S. The quantitative estimate of drug-likeness (QED) is 0.860. The van der Waals surface area contributed by atoms with Crippen molar-refractivity contribution in [1.82, 2.24) is 4.31 Å². The van der Waals surface area contributed by atoms with E-state index >= 15 is 0 Å². The Bertz CT molecular complexity index is 847. The fraction of sp³-hybridized carbons (Fsp3) is 0.133. The Balaban J connectivity index is 2.31. The van der Waals surface area contributed by atoms with E-state index in [1.807, 2.05) is 6.07 Å². The first-order valence-electron chi connectivity index (χ1n) is 6.25. The average molecular weight is 339 g/mol. The number of halogens is 2. The summed E-state index contributed by atoms with van der Waals surface area (Å²) < 4.78 is 39.1. The zero-order valence-electron chi connectivity index (χ0n) is 11.6. The minimum absolute atomic E-state index is 0.00176. The first-order valence-corrected chi connectivity index (χ1v) is 8.07. The van der Waals surface area contributed by atoms with Crippen molar-refractivity contribution in [3.63, 3.8) is 0 Å². The van der Waals surface area contributed by atoms with Gasteiger partial charge in [0.2, 0.25) is 10.0 Å². The van der Waals surface area contributed by atoms with Crippen LogP contribution in [-0.2, 0) is 16.6 Å². The number of sulfonamides is 1. The number of rotatable bonds is 4. The Labute approximate surface area is 133 Å². The summed E-state index contributed by atoms with van der Waals surface area (Å²) in [5, 5.41) is 9.01. The molecule has 0 aliphatic heterocycles. The van der Waals surface area contributed by atoms with Crippen LogP contribution < -0.4 is 0 Å². The van der Waals surface area contributed by atoms with Crippen molar-refractivity contribution in [1.29, 1.82) is 5.26 Å². The smallest absolute Gasteiger partial charge is 0.207 e. The monoisotopic (exact) mass is 338 g/mol. The topological polar surface area (TPSA) is 61.2 Å². The SMILES string of the molecule is CN(Cc1ccc(F)cc1Cl)S(=O)(=O)c1cccc(C#N)c1. The molecular weight excluding hydrogens is 327 g/mol. The summed E-state index contributed by atoms with van der Waals surface area (Å²) >= 11 is 5.91. The van der Waals surface area contributed by atoms with Crippen molar-refractivity contribution in [2.24, 2.45) is 0 Å². The van der Waals surface area contributed by atoms with Gasteiger partial charge < -0.3 is 0 Å². The van der Waals surface area contributed by atoms with Crippen LogP contribution in [0.5, 0.6) is 0 Å². The second kappa shape index (κ2) is 6.44. The third-order valence-corrected chi connectivity index (χ3v) is 5.23. The fourth-order valence-electron chi connectivity index (χ4n) is 1.88. The van der Waals surface area contributed by atoms with E-state index in [0.29, 0.717) is 5.56 Å². The van der Waals surface area contributed by atoms with Crippen molar-refractivity contribution in [2.45, 2.75) is 11.4 Å². The molecule has 4 nitrogen and oxygen atoms in total. The molecule has 0 saturated carbocycles. The van der Waals surface area contributed by atoms with Gasteiger partial charge in [-0.1, -0.05) is 23.7 Å². The molecule has 114 valence electrons. The van der Waals surface area contributed by atoms with Crippen LogP contribution in [0.4, 0.5) is 4.39 Å². The van der Waals surface area contributed by atoms with Gasteiger partial charge in [0.05, 0.1) is 16.5 Å². The molecule has 0 unspecified atom stereocenters. The number of hydrogen-bond acceptors (Lipinski definition) is 3. The lowest BCUT2D eigenvalue weighted by molar-refractivity contribution is 0.466. The summed E-state index contributed by atoms with van der Waals surface area (Å²) in [5.41, 5.74) is 0.750. The summed E-state index contributed by atoms with van der Waals surface area (Å²) in [4.78, 5) is 0.0206. The maximum absolute atomic E-state index is 13.0. The van der Waals surface area contributed by atoms with E-state index < -0.39 is 15.8 Å².